The van der Waals surface area contributed by atoms with Crippen molar-refractivity contribution in [2.24, 2.45) is 0 Å². The van der Waals surface area contributed by atoms with Crippen LogP contribution < -0.4 is 9.64 Å². The standard InChI is InChI=1S/C22H19Cl2F3N4O2/c23-15-4-1-14(2-5-15)3-8-19-28-29-20(30(19)10-9-22(25,26)27)12-31-17-11-16(24)6-7-18(17)33-13-21(31)32/h1-2,4-7,11H,3,8-10,12-13H2. The SMILES string of the molecule is O=C1COc2ccc(Cl)cc2N1Cc1nnc(CCc2ccc(Cl)cc2)n1CCC(F)(F)F. The second-order valence-corrected chi connectivity index (χ2v) is 8.43. The fourth-order valence-electron chi connectivity index (χ4n) is 3.57. The van der Waals surface area contributed by atoms with Gasteiger partial charge >= 0.3 is 6.18 Å². The molecule has 4 rings (SSSR count). The number of nitrogens with zero attached hydrogens (tertiary/aromatic N) is 4. The molecule has 0 bridgehead atoms. The van der Waals surface area contributed by atoms with E-state index in [9.17, 15) is 18.0 Å². The number of ether oxygens (including phenoxy) is 1. The molecule has 6 nitrogen and oxygen atoms in total. The Bertz CT molecular complexity index is 1150. The van der Waals surface area contributed by atoms with Crippen LogP contribution in [0.25, 0.3) is 0 Å². The first kappa shape index (κ1) is 23.4. The number of amides is 1. The number of rotatable bonds is 7. The van der Waals surface area contributed by atoms with Gasteiger partial charge in [0.1, 0.15) is 11.6 Å². The molecule has 0 fully saturated rings. The average molecular weight is 499 g/mol. The van der Waals surface area contributed by atoms with E-state index in [1.807, 2.05) is 12.1 Å². The number of hydrogen-bond acceptors (Lipinski definition) is 4. The Morgan fingerprint density at radius 2 is 1.67 bits per heavy atom. The van der Waals surface area contributed by atoms with Crippen molar-refractivity contribution < 1.29 is 22.7 Å². The van der Waals surface area contributed by atoms with Crippen LogP contribution >= 0.6 is 23.2 Å². The zero-order chi connectivity index (χ0) is 23.6. The fourth-order valence-corrected chi connectivity index (χ4v) is 3.86. The minimum atomic E-state index is -4.34. The lowest BCUT2D eigenvalue weighted by Gasteiger charge is -2.29. The molecule has 174 valence electrons. The molecule has 0 unspecified atom stereocenters. The van der Waals surface area contributed by atoms with E-state index in [-0.39, 0.29) is 31.4 Å². The number of aromatic nitrogens is 3. The molecule has 33 heavy (non-hydrogen) atoms. The molecule has 0 radical (unpaired) electrons. The third-order valence-corrected chi connectivity index (χ3v) is 5.72. The van der Waals surface area contributed by atoms with E-state index in [2.05, 4.69) is 10.2 Å². The number of fused-ring (bicyclic) bond motifs is 1. The number of aryl methyl sites for hydroxylation is 2. The number of halogens is 5. The molecular formula is C22H19Cl2F3N4O2. The maximum Gasteiger partial charge on any atom is 0.390 e. The van der Waals surface area contributed by atoms with E-state index >= 15 is 0 Å². The van der Waals surface area contributed by atoms with Gasteiger partial charge in [0.25, 0.3) is 5.91 Å². The van der Waals surface area contributed by atoms with Gasteiger partial charge in [-0.1, -0.05) is 35.3 Å². The Kier molecular flexibility index (Phi) is 6.81. The van der Waals surface area contributed by atoms with E-state index < -0.39 is 12.6 Å². The van der Waals surface area contributed by atoms with Crippen molar-refractivity contribution in [1.82, 2.24) is 14.8 Å². The summed E-state index contributed by atoms with van der Waals surface area (Å²) in [4.78, 5) is 14.0. The van der Waals surface area contributed by atoms with E-state index in [0.29, 0.717) is 40.1 Å². The third kappa shape index (κ3) is 5.78. The first-order valence-corrected chi connectivity index (χ1v) is 10.9. The molecule has 0 saturated carbocycles. The summed E-state index contributed by atoms with van der Waals surface area (Å²) in [6.07, 6.45) is -4.45. The zero-order valence-corrected chi connectivity index (χ0v) is 18.8. The molecule has 0 saturated heterocycles. The van der Waals surface area contributed by atoms with Gasteiger partial charge in [-0.2, -0.15) is 13.2 Å². The van der Waals surface area contributed by atoms with Crippen molar-refractivity contribution in [3.05, 3.63) is 69.7 Å². The number of benzene rings is 2. The lowest BCUT2D eigenvalue weighted by Crippen LogP contribution is -2.39. The van der Waals surface area contributed by atoms with Gasteiger partial charge in [-0.15, -0.1) is 10.2 Å². The molecule has 0 N–H and O–H groups in total. The van der Waals surface area contributed by atoms with Crippen LogP contribution in [0.5, 0.6) is 5.75 Å². The summed E-state index contributed by atoms with van der Waals surface area (Å²) in [5, 5.41) is 9.27. The quantitative estimate of drug-likeness (QED) is 0.446. The summed E-state index contributed by atoms with van der Waals surface area (Å²) in [7, 11) is 0. The predicted octanol–water partition coefficient (Wildman–Crippen LogP) is 5.25. The maximum absolute atomic E-state index is 13.0. The summed E-state index contributed by atoms with van der Waals surface area (Å²) in [5.41, 5.74) is 1.41. The summed E-state index contributed by atoms with van der Waals surface area (Å²) in [6.45, 7) is -0.585. The predicted molar refractivity (Wildman–Crippen MR) is 118 cm³/mol. The third-order valence-electron chi connectivity index (χ3n) is 5.24. The van der Waals surface area contributed by atoms with Gasteiger partial charge < -0.3 is 9.30 Å². The van der Waals surface area contributed by atoms with E-state index in [0.717, 1.165) is 5.56 Å². The minimum absolute atomic E-state index is 0.0542. The minimum Gasteiger partial charge on any atom is -0.482 e. The topological polar surface area (TPSA) is 60.2 Å². The van der Waals surface area contributed by atoms with Gasteiger partial charge in [-0.05, 0) is 42.3 Å². The van der Waals surface area contributed by atoms with Gasteiger partial charge in [-0.25, -0.2) is 0 Å². The van der Waals surface area contributed by atoms with Crippen molar-refractivity contribution in [3.8, 4) is 5.75 Å². The van der Waals surface area contributed by atoms with Crippen LogP contribution in [0.4, 0.5) is 18.9 Å². The Hall–Kier alpha value is -2.78. The van der Waals surface area contributed by atoms with Crippen molar-refractivity contribution in [3.63, 3.8) is 0 Å². The smallest absolute Gasteiger partial charge is 0.390 e. The highest BCUT2D eigenvalue weighted by atomic mass is 35.5. The van der Waals surface area contributed by atoms with E-state index in [4.69, 9.17) is 27.9 Å². The van der Waals surface area contributed by atoms with Crippen LogP contribution in [0, 0.1) is 0 Å². The number of anilines is 1. The van der Waals surface area contributed by atoms with Crippen LogP contribution in [-0.2, 0) is 30.7 Å². The Morgan fingerprint density at radius 1 is 0.970 bits per heavy atom. The van der Waals surface area contributed by atoms with Crippen molar-refractivity contribution in [2.75, 3.05) is 11.5 Å². The van der Waals surface area contributed by atoms with Crippen molar-refractivity contribution in [2.45, 2.75) is 38.5 Å². The van der Waals surface area contributed by atoms with Crippen LogP contribution in [0.3, 0.4) is 0 Å². The van der Waals surface area contributed by atoms with Crippen LogP contribution in [-0.4, -0.2) is 33.5 Å². The van der Waals surface area contributed by atoms with Gasteiger partial charge in [0.2, 0.25) is 0 Å². The van der Waals surface area contributed by atoms with Gasteiger partial charge in [-0.3, -0.25) is 9.69 Å². The molecule has 1 aromatic heterocycles. The van der Waals surface area contributed by atoms with Crippen LogP contribution in [0.1, 0.15) is 23.6 Å². The molecular weight excluding hydrogens is 480 g/mol. The summed E-state index contributed by atoms with van der Waals surface area (Å²) in [6, 6.07) is 12.1. The molecule has 1 aliphatic heterocycles. The lowest BCUT2D eigenvalue weighted by molar-refractivity contribution is -0.137. The molecule has 2 heterocycles. The number of carbonyl (C=O) groups excluding carboxylic acids is 1. The molecule has 0 aliphatic carbocycles. The maximum atomic E-state index is 13.0. The van der Waals surface area contributed by atoms with Crippen molar-refractivity contribution in [1.29, 1.82) is 0 Å². The lowest BCUT2D eigenvalue weighted by atomic mass is 10.1. The average Bonchev–Trinajstić information content (AvgIpc) is 3.15. The molecule has 2 aromatic carbocycles. The number of carbonyl (C=O) groups is 1. The summed E-state index contributed by atoms with van der Waals surface area (Å²) >= 11 is 12.0. The van der Waals surface area contributed by atoms with E-state index in [1.54, 1.807) is 30.3 Å². The van der Waals surface area contributed by atoms with Crippen LogP contribution in [0.15, 0.2) is 42.5 Å². The number of alkyl halides is 3. The Morgan fingerprint density at radius 3 is 2.39 bits per heavy atom. The largest absolute Gasteiger partial charge is 0.482 e. The molecule has 1 aliphatic rings. The Labute approximate surface area is 197 Å². The molecule has 11 heteroatoms. The molecule has 1 amide bonds. The first-order chi connectivity index (χ1) is 15.7. The monoisotopic (exact) mass is 498 g/mol. The highest BCUT2D eigenvalue weighted by molar-refractivity contribution is 6.31. The second kappa shape index (κ2) is 9.61. The zero-order valence-electron chi connectivity index (χ0n) is 17.3. The Balaban J connectivity index is 1.60. The molecule has 0 spiro atoms. The van der Waals surface area contributed by atoms with Gasteiger partial charge in [0, 0.05) is 23.0 Å². The number of hydrogen-bond donors (Lipinski definition) is 0. The first-order valence-electron chi connectivity index (χ1n) is 10.1. The molecule has 0 atom stereocenters. The molecule has 3 aromatic rings. The van der Waals surface area contributed by atoms with Crippen molar-refractivity contribution >= 4 is 34.8 Å². The van der Waals surface area contributed by atoms with Gasteiger partial charge in [0.15, 0.2) is 12.4 Å². The summed E-state index contributed by atoms with van der Waals surface area (Å²) in [5.74, 6) is 0.781. The van der Waals surface area contributed by atoms with Crippen LogP contribution in [0.2, 0.25) is 10.0 Å². The van der Waals surface area contributed by atoms with Gasteiger partial charge in [0.05, 0.1) is 18.7 Å². The second-order valence-electron chi connectivity index (χ2n) is 7.56. The fraction of sp³-hybridized carbons (Fsp3) is 0.318. The normalized spacial score (nSPS) is 13.7. The van der Waals surface area contributed by atoms with E-state index in [1.165, 1.54) is 9.47 Å². The summed E-state index contributed by atoms with van der Waals surface area (Å²) < 4.78 is 45.9. The highest BCUT2D eigenvalue weighted by Gasteiger charge is 2.30. The highest BCUT2D eigenvalue weighted by Crippen LogP contribution is 2.35.